The van der Waals surface area contributed by atoms with Gasteiger partial charge in [-0.2, -0.15) is 0 Å². The van der Waals surface area contributed by atoms with E-state index in [1.54, 1.807) is 23.6 Å². The number of hydrogen-bond donors (Lipinski definition) is 0. The van der Waals surface area contributed by atoms with Gasteiger partial charge in [-0.1, -0.05) is 18.2 Å². The number of aromatic nitrogens is 1. The van der Waals surface area contributed by atoms with Crippen LogP contribution in [0.1, 0.15) is 21.0 Å². The molecule has 3 aromatic rings. The van der Waals surface area contributed by atoms with E-state index in [1.165, 1.54) is 11.0 Å². The van der Waals surface area contributed by atoms with Gasteiger partial charge in [0, 0.05) is 22.0 Å². The predicted octanol–water partition coefficient (Wildman–Crippen LogP) is 4.79. The number of thiophene rings is 1. The van der Waals surface area contributed by atoms with Gasteiger partial charge in [0.1, 0.15) is 19.0 Å². The van der Waals surface area contributed by atoms with Crippen molar-refractivity contribution in [1.29, 1.82) is 0 Å². The van der Waals surface area contributed by atoms with Crippen LogP contribution in [-0.4, -0.2) is 11.0 Å². The lowest BCUT2D eigenvalue weighted by molar-refractivity contribution is -0.138. The maximum absolute atomic E-state index is 11.8. The molecule has 0 unspecified atom stereocenters. The third kappa shape index (κ3) is 5.57. The zero-order chi connectivity index (χ0) is 18.2. The zero-order valence-corrected chi connectivity index (χ0v) is 15.2. The Morgan fingerprint density at radius 1 is 1.08 bits per heavy atom. The molecule has 132 valence electrons. The van der Waals surface area contributed by atoms with Crippen molar-refractivity contribution in [2.45, 2.75) is 20.1 Å². The lowest BCUT2D eigenvalue weighted by Crippen LogP contribution is -2.01. The summed E-state index contributed by atoms with van der Waals surface area (Å²) in [5, 5.41) is 0. The topological polar surface area (TPSA) is 48.4 Å². The van der Waals surface area contributed by atoms with Gasteiger partial charge in [0.25, 0.3) is 0 Å². The van der Waals surface area contributed by atoms with Crippen molar-refractivity contribution < 1.29 is 14.3 Å². The molecule has 26 heavy (non-hydrogen) atoms. The minimum Gasteiger partial charge on any atom is -0.487 e. The van der Waals surface area contributed by atoms with Gasteiger partial charge >= 0.3 is 5.97 Å². The van der Waals surface area contributed by atoms with Gasteiger partial charge in [-0.15, -0.1) is 11.3 Å². The maximum Gasteiger partial charge on any atom is 0.331 e. The van der Waals surface area contributed by atoms with Gasteiger partial charge in [-0.3, -0.25) is 4.98 Å². The molecule has 1 aromatic carbocycles. The molecule has 0 bridgehead atoms. The molecule has 4 nitrogen and oxygen atoms in total. The molecule has 0 aliphatic rings. The van der Waals surface area contributed by atoms with Crippen molar-refractivity contribution in [2.24, 2.45) is 0 Å². The van der Waals surface area contributed by atoms with Crippen LogP contribution < -0.4 is 4.74 Å². The van der Waals surface area contributed by atoms with E-state index >= 15 is 0 Å². The summed E-state index contributed by atoms with van der Waals surface area (Å²) in [5.41, 5.74) is 1.78. The normalized spacial score (nSPS) is 10.8. The summed E-state index contributed by atoms with van der Waals surface area (Å²) in [5.74, 6) is 0.394. The summed E-state index contributed by atoms with van der Waals surface area (Å²) < 4.78 is 10.9. The van der Waals surface area contributed by atoms with E-state index in [0.29, 0.717) is 6.61 Å². The summed E-state index contributed by atoms with van der Waals surface area (Å²) in [7, 11) is 0. The summed E-state index contributed by atoms with van der Waals surface area (Å²) in [6.45, 7) is 2.68. The number of rotatable bonds is 7. The van der Waals surface area contributed by atoms with Crippen molar-refractivity contribution >= 4 is 23.4 Å². The number of nitrogens with zero attached hydrogens (tertiary/aromatic N) is 1. The Morgan fingerprint density at radius 2 is 1.92 bits per heavy atom. The van der Waals surface area contributed by atoms with E-state index in [2.05, 4.69) is 4.98 Å². The Kier molecular flexibility index (Phi) is 6.17. The minimum absolute atomic E-state index is 0.229. The van der Waals surface area contributed by atoms with Gasteiger partial charge < -0.3 is 9.47 Å². The first kappa shape index (κ1) is 17.9. The van der Waals surface area contributed by atoms with Crippen LogP contribution in [0.5, 0.6) is 5.75 Å². The second kappa shape index (κ2) is 8.97. The van der Waals surface area contributed by atoms with Crippen LogP contribution in [0.2, 0.25) is 0 Å². The second-order valence-electron chi connectivity index (χ2n) is 5.64. The Balaban J connectivity index is 1.45. The number of aryl methyl sites for hydroxylation is 1. The first-order valence-corrected chi connectivity index (χ1v) is 9.03. The van der Waals surface area contributed by atoms with Crippen molar-refractivity contribution in [3.8, 4) is 5.75 Å². The first-order chi connectivity index (χ1) is 12.7. The van der Waals surface area contributed by atoms with E-state index in [-0.39, 0.29) is 12.6 Å². The van der Waals surface area contributed by atoms with E-state index in [0.717, 1.165) is 21.9 Å². The third-order valence-corrected chi connectivity index (χ3v) is 4.53. The van der Waals surface area contributed by atoms with Crippen LogP contribution in [0.3, 0.4) is 0 Å². The number of esters is 1. The molecule has 0 saturated carbocycles. The van der Waals surface area contributed by atoms with E-state index in [9.17, 15) is 4.79 Å². The molecule has 5 heteroatoms. The predicted molar refractivity (Wildman–Crippen MR) is 103 cm³/mol. The third-order valence-electron chi connectivity index (χ3n) is 3.56. The molecule has 0 spiro atoms. The van der Waals surface area contributed by atoms with E-state index in [1.807, 2.05) is 61.5 Å². The molecule has 0 amide bonds. The highest BCUT2D eigenvalue weighted by Gasteiger charge is 2.01. The molecule has 0 aliphatic heterocycles. The van der Waals surface area contributed by atoms with Crippen molar-refractivity contribution in [1.82, 2.24) is 4.98 Å². The smallest absolute Gasteiger partial charge is 0.331 e. The van der Waals surface area contributed by atoms with Gasteiger partial charge in [0.05, 0.1) is 5.69 Å². The minimum atomic E-state index is -0.355. The standard InChI is InChI=1S/C21H19NO3S/c1-16-5-10-20(26-16)11-12-21(23)25-14-17-6-8-19(9-7-17)24-15-18-4-2-3-13-22-18/h2-13H,14-15H2,1H3/b12-11+. The van der Waals surface area contributed by atoms with Crippen molar-refractivity contribution in [2.75, 3.05) is 0 Å². The first-order valence-electron chi connectivity index (χ1n) is 8.22. The Labute approximate surface area is 156 Å². The van der Waals surface area contributed by atoms with E-state index < -0.39 is 0 Å². The monoisotopic (exact) mass is 365 g/mol. The number of hydrogen-bond acceptors (Lipinski definition) is 5. The number of carbonyl (C=O) groups is 1. The highest BCUT2D eigenvalue weighted by molar-refractivity contribution is 7.12. The number of benzene rings is 1. The van der Waals surface area contributed by atoms with Crippen molar-refractivity contribution in [3.63, 3.8) is 0 Å². The van der Waals surface area contributed by atoms with Crippen LogP contribution in [0, 0.1) is 6.92 Å². The molecule has 0 N–H and O–H groups in total. The van der Waals surface area contributed by atoms with Gasteiger partial charge in [0.2, 0.25) is 0 Å². The summed E-state index contributed by atoms with van der Waals surface area (Å²) in [4.78, 5) is 18.2. The molecule has 0 atom stereocenters. The Morgan fingerprint density at radius 3 is 2.62 bits per heavy atom. The average Bonchev–Trinajstić information content (AvgIpc) is 3.10. The fourth-order valence-electron chi connectivity index (χ4n) is 2.22. The highest BCUT2D eigenvalue weighted by Crippen LogP contribution is 2.17. The maximum atomic E-state index is 11.8. The van der Waals surface area contributed by atoms with Crippen molar-refractivity contribution in [3.05, 3.63) is 87.9 Å². The fraction of sp³-hybridized carbons (Fsp3) is 0.143. The summed E-state index contributed by atoms with van der Waals surface area (Å²) in [6.07, 6.45) is 4.97. The molecular weight excluding hydrogens is 346 g/mol. The van der Waals surface area contributed by atoms with Gasteiger partial charge in [-0.25, -0.2) is 4.79 Å². The van der Waals surface area contributed by atoms with E-state index in [4.69, 9.17) is 9.47 Å². The van der Waals surface area contributed by atoms with Crippen LogP contribution in [0.15, 0.2) is 66.9 Å². The Bertz CT molecular complexity index is 870. The fourth-order valence-corrected chi connectivity index (χ4v) is 3.00. The molecule has 0 radical (unpaired) electrons. The molecule has 2 aromatic heterocycles. The highest BCUT2D eigenvalue weighted by atomic mass is 32.1. The quantitative estimate of drug-likeness (QED) is 0.446. The van der Waals surface area contributed by atoms with Crippen LogP contribution >= 0.6 is 11.3 Å². The molecule has 0 fully saturated rings. The lowest BCUT2D eigenvalue weighted by atomic mass is 10.2. The van der Waals surface area contributed by atoms with Crippen LogP contribution in [-0.2, 0) is 22.7 Å². The second-order valence-corrected chi connectivity index (χ2v) is 6.96. The molecule has 2 heterocycles. The molecule has 3 rings (SSSR count). The summed E-state index contributed by atoms with van der Waals surface area (Å²) >= 11 is 1.64. The molecule has 0 aliphatic carbocycles. The van der Waals surface area contributed by atoms with Crippen LogP contribution in [0.25, 0.3) is 6.08 Å². The largest absolute Gasteiger partial charge is 0.487 e. The molecular formula is C21H19NO3S. The van der Waals surface area contributed by atoms with Crippen LogP contribution in [0.4, 0.5) is 0 Å². The zero-order valence-electron chi connectivity index (χ0n) is 14.4. The number of carbonyl (C=O) groups excluding carboxylic acids is 1. The lowest BCUT2D eigenvalue weighted by Gasteiger charge is -2.07. The average molecular weight is 365 g/mol. The van der Waals surface area contributed by atoms with Gasteiger partial charge in [-0.05, 0) is 55.0 Å². The summed E-state index contributed by atoms with van der Waals surface area (Å²) in [6, 6.07) is 17.2. The Hall–Kier alpha value is -2.92. The molecule has 0 saturated heterocycles. The number of ether oxygens (including phenoxy) is 2. The SMILES string of the molecule is Cc1ccc(/C=C/C(=O)OCc2ccc(OCc3ccccn3)cc2)s1. The number of pyridine rings is 1. The van der Waals surface area contributed by atoms with Gasteiger partial charge in [0.15, 0.2) is 0 Å².